The quantitative estimate of drug-likeness (QED) is 0.281. The van der Waals surface area contributed by atoms with Crippen LogP contribution in [0, 0.1) is 0 Å². The third-order valence-corrected chi connectivity index (χ3v) is 2.25. The minimum absolute atomic E-state index is 0. The maximum Gasteiger partial charge on any atom is 1.00 e. The Morgan fingerprint density at radius 1 is 0.560 bits per heavy atom. The standard InChI is InChI=1S/C9N13.3K/c10-1-13-4-16-7-18-5(14-2-11)20-9-21-6(15-3-12)19-8(17-4)22(7)9;;;/q-3;3*+1. The molecule has 3 rings (SSSR count). The second-order valence-corrected chi connectivity index (χ2v) is 3.44. The molecular weight excluding hydrogens is 407 g/mol. The first-order chi connectivity index (χ1) is 10.7. The van der Waals surface area contributed by atoms with Crippen molar-refractivity contribution in [3.63, 3.8) is 0 Å². The van der Waals surface area contributed by atoms with Crippen molar-refractivity contribution in [3.05, 3.63) is 16.2 Å². The minimum atomic E-state index is -0.202. The summed E-state index contributed by atoms with van der Waals surface area (Å²) >= 11 is 0. The summed E-state index contributed by atoms with van der Waals surface area (Å²) < 4.78 is 0. The monoisotopic (exact) mass is 407 g/mol. The van der Waals surface area contributed by atoms with Crippen LogP contribution in [-0.4, -0.2) is 58.7 Å². The molecule has 13 nitrogen and oxygen atoms in total. The van der Waals surface area contributed by atoms with Gasteiger partial charge in [0.25, 0.3) is 0 Å². The van der Waals surface area contributed by atoms with Crippen molar-refractivity contribution in [1.29, 1.82) is 0 Å². The third-order valence-electron chi connectivity index (χ3n) is 2.25. The molecule has 0 saturated carbocycles. The molecule has 0 radical (unpaired) electrons. The van der Waals surface area contributed by atoms with Crippen LogP contribution in [0.25, 0.3) is 16.2 Å². The van der Waals surface area contributed by atoms with E-state index in [1.807, 2.05) is 0 Å². The van der Waals surface area contributed by atoms with Crippen molar-refractivity contribution >= 4 is 53.8 Å². The van der Waals surface area contributed by atoms with Crippen molar-refractivity contribution in [2.24, 2.45) is 44.9 Å². The molecule has 0 aromatic rings. The van der Waals surface area contributed by atoms with Crippen LogP contribution in [0.3, 0.4) is 0 Å². The summed E-state index contributed by atoms with van der Waals surface area (Å²) in [5.41, 5.74) is 0. The largest absolute Gasteiger partial charge is 1.00 e. The molecule has 0 aromatic heterocycles. The Balaban J connectivity index is 0.00000192. The topological polar surface area (TPSA) is 181 Å². The maximum atomic E-state index is 8.59. The van der Waals surface area contributed by atoms with E-state index >= 15 is 0 Å². The number of aliphatic imine (C=N–C) groups is 9. The zero-order valence-corrected chi connectivity index (χ0v) is 22.7. The SMILES string of the molecule is [K+].[K+].[K+].[N-]=C=NC1=NC2=NC(N=C=[N-])=NC3=NC(N=C=[N-])=NC(=N1)N23. The first kappa shape index (κ1) is 25.9. The van der Waals surface area contributed by atoms with Gasteiger partial charge in [-0.2, -0.15) is 30.0 Å². The normalized spacial score (nSPS) is 15.6. The zero-order chi connectivity index (χ0) is 15.5. The van der Waals surface area contributed by atoms with Crippen LogP contribution in [0.5, 0.6) is 0 Å². The Hall–Kier alpha value is 0.869. The first-order valence-corrected chi connectivity index (χ1v) is 5.37. The van der Waals surface area contributed by atoms with Gasteiger partial charge in [0.05, 0.1) is 0 Å². The minimum Gasteiger partial charge on any atom is -0.422 e. The van der Waals surface area contributed by atoms with Gasteiger partial charge in [0.2, 0.25) is 17.9 Å². The zero-order valence-electron chi connectivity index (χ0n) is 13.3. The van der Waals surface area contributed by atoms with Crippen LogP contribution in [-0.2, 0) is 0 Å². The molecule has 0 amide bonds. The van der Waals surface area contributed by atoms with Gasteiger partial charge in [0.1, 0.15) is 0 Å². The molecule has 0 aliphatic carbocycles. The second kappa shape index (κ2) is 12.4. The van der Waals surface area contributed by atoms with Crippen molar-refractivity contribution in [1.82, 2.24) is 4.90 Å². The molecule has 0 atom stereocenters. The summed E-state index contributed by atoms with van der Waals surface area (Å²) in [7, 11) is 0. The summed E-state index contributed by atoms with van der Waals surface area (Å²) in [6.07, 6.45) is 0. The van der Waals surface area contributed by atoms with E-state index in [0.29, 0.717) is 0 Å². The van der Waals surface area contributed by atoms with Crippen molar-refractivity contribution in [2.45, 2.75) is 0 Å². The predicted octanol–water partition coefficient (Wildman–Crippen LogP) is -9.29. The van der Waals surface area contributed by atoms with Gasteiger partial charge in [-0.15, -0.1) is 18.0 Å². The fourth-order valence-corrected chi connectivity index (χ4v) is 1.54. The van der Waals surface area contributed by atoms with E-state index < -0.39 is 0 Å². The molecule has 0 N–H and O–H groups in total. The van der Waals surface area contributed by atoms with Crippen molar-refractivity contribution < 1.29 is 154 Å². The molecule has 0 aromatic carbocycles. The van der Waals surface area contributed by atoms with Gasteiger partial charge in [-0.05, 0) is 0 Å². The Morgan fingerprint density at radius 3 is 1.08 bits per heavy atom. The average Bonchev–Trinajstić information content (AvgIpc) is 2.47. The van der Waals surface area contributed by atoms with Gasteiger partial charge >= 0.3 is 154 Å². The summed E-state index contributed by atoms with van der Waals surface area (Å²) in [5, 5.41) is 25.8. The van der Waals surface area contributed by atoms with Crippen LogP contribution < -0.4 is 154 Å². The summed E-state index contributed by atoms with van der Waals surface area (Å²) in [4.78, 5) is 34.8. The fourth-order valence-electron chi connectivity index (χ4n) is 1.54. The van der Waals surface area contributed by atoms with Gasteiger partial charge in [-0.3, -0.25) is 0 Å². The average molecular weight is 407 g/mol. The van der Waals surface area contributed by atoms with E-state index in [9.17, 15) is 0 Å². The van der Waals surface area contributed by atoms with Gasteiger partial charge < -0.3 is 31.2 Å². The number of rotatable bonds is 0. The molecule has 0 bridgehead atoms. The summed E-state index contributed by atoms with van der Waals surface area (Å²) in [6.45, 7) is 0. The molecular formula is C9K3N13. The Morgan fingerprint density at radius 2 is 0.840 bits per heavy atom. The Kier molecular flexibility index (Phi) is 12.8. The molecule has 16 heteroatoms. The van der Waals surface area contributed by atoms with E-state index in [0.717, 1.165) is 0 Å². The number of hydrogen-bond acceptors (Lipinski definition) is 10. The van der Waals surface area contributed by atoms with Gasteiger partial charge in [0.15, 0.2) is 17.9 Å². The maximum absolute atomic E-state index is 8.59. The van der Waals surface area contributed by atoms with Crippen LogP contribution in [0.4, 0.5) is 0 Å². The molecule has 3 heterocycles. The number of nitrogens with zero attached hydrogens (tertiary/aromatic N) is 13. The number of hydrogen-bond donors (Lipinski definition) is 0. The van der Waals surface area contributed by atoms with Gasteiger partial charge in [-0.1, -0.05) is 0 Å². The third kappa shape index (κ3) is 6.18. The molecule has 3 aliphatic heterocycles. The molecule has 0 saturated heterocycles. The first-order valence-electron chi connectivity index (χ1n) is 5.37. The van der Waals surface area contributed by atoms with Crippen LogP contribution >= 0.6 is 0 Å². The fraction of sp³-hybridized carbons (Fsp3) is 0. The summed E-state index contributed by atoms with van der Waals surface area (Å²) in [5.74, 6) is -0.643. The molecule has 25 heavy (non-hydrogen) atoms. The summed E-state index contributed by atoms with van der Waals surface area (Å²) in [6, 6.07) is 4.60. The Bertz CT molecular complexity index is 784. The molecule has 0 fully saturated rings. The predicted molar refractivity (Wildman–Crippen MR) is 78.8 cm³/mol. The van der Waals surface area contributed by atoms with E-state index in [1.54, 1.807) is 0 Å². The Labute approximate surface area is 267 Å². The van der Waals surface area contributed by atoms with Crippen LogP contribution in [0.1, 0.15) is 0 Å². The molecule has 0 spiro atoms. The van der Waals surface area contributed by atoms with Crippen LogP contribution in [0.2, 0.25) is 0 Å². The number of guanidine groups is 6. The molecule has 0 unspecified atom stereocenters. The van der Waals surface area contributed by atoms with Crippen molar-refractivity contribution in [2.75, 3.05) is 0 Å². The van der Waals surface area contributed by atoms with Gasteiger partial charge in [-0.25, -0.2) is 4.90 Å². The van der Waals surface area contributed by atoms with E-state index in [1.165, 1.54) is 22.9 Å². The van der Waals surface area contributed by atoms with E-state index in [-0.39, 0.29) is 190 Å². The van der Waals surface area contributed by atoms with Crippen molar-refractivity contribution in [3.8, 4) is 0 Å². The smallest absolute Gasteiger partial charge is 0.422 e. The van der Waals surface area contributed by atoms with Gasteiger partial charge in [0, 0.05) is 0 Å². The van der Waals surface area contributed by atoms with Crippen LogP contribution in [0.15, 0.2) is 44.9 Å². The van der Waals surface area contributed by atoms with E-state index in [4.69, 9.17) is 16.2 Å². The second-order valence-electron chi connectivity index (χ2n) is 3.44. The van der Waals surface area contributed by atoms with E-state index in [2.05, 4.69) is 44.9 Å². The molecule has 3 aliphatic rings. The molecule has 104 valence electrons.